The van der Waals surface area contributed by atoms with Crippen LogP contribution in [0.2, 0.25) is 0 Å². The Morgan fingerprint density at radius 2 is 1.84 bits per heavy atom. The molecule has 0 aliphatic heterocycles. The normalized spacial score (nSPS) is 11.4. The maximum atomic E-state index is 5.50. The first-order valence-corrected chi connectivity index (χ1v) is 9.34. The number of aromatic nitrogens is 1. The van der Waals surface area contributed by atoms with Gasteiger partial charge in [0.2, 0.25) is 0 Å². The number of methoxy groups -OCH3 is 1. The number of ether oxygens (including phenoxy) is 1. The summed E-state index contributed by atoms with van der Waals surface area (Å²) in [7, 11) is 5.96. The van der Waals surface area contributed by atoms with Crippen molar-refractivity contribution in [3.8, 4) is 5.75 Å². The van der Waals surface area contributed by atoms with Crippen LogP contribution in [0, 0.1) is 6.92 Å². The lowest BCUT2D eigenvalue weighted by Crippen LogP contribution is -2.15. The van der Waals surface area contributed by atoms with E-state index >= 15 is 0 Å². The van der Waals surface area contributed by atoms with Gasteiger partial charge in [0.1, 0.15) is 5.75 Å². The van der Waals surface area contributed by atoms with Gasteiger partial charge in [-0.3, -0.25) is 0 Å². The molecule has 0 spiro atoms. The largest absolute Gasteiger partial charge is 0.497 e. The van der Waals surface area contributed by atoms with Gasteiger partial charge in [0.15, 0.2) is 0 Å². The molecule has 0 amide bonds. The van der Waals surface area contributed by atoms with Gasteiger partial charge < -0.3 is 14.2 Å². The second-order valence-corrected chi connectivity index (χ2v) is 7.55. The molecule has 0 saturated heterocycles. The third-order valence-electron chi connectivity index (χ3n) is 4.70. The number of fused-ring (bicyclic) bond motifs is 1. The lowest BCUT2D eigenvalue weighted by molar-refractivity contribution is 0.413. The highest BCUT2D eigenvalue weighted by Gasteiger charge is 2.18. The Morgan fingerprint density at radius 1 is 1.12 bits per heavy atom. The first kappa shape index (κ1) is 18.0. The highest BCUT2D eigenvalue weighted by atomic mass is 79.9. The summed E-state index contributed by atoms with van der Waals surface area (Å²) in [6, 6.07) is 14.8. The zero-order valence-corrected chi connectivity index (χ0v) is 16.9. The molecule has 0 aliphatic rings. The van der Waals surface area contributed by atoms with Gasteiger partial charge in [-0.25, -0.2) is 0 Å². The van der Waals surface area contributed by atoms with Gasteiger partial charge in [0.05, 0.1) is 12.6 Å². The van der Waals surface area contributed by atoms with Gasteiger partial charge in [0, 0.05) is 28.6 Å². The highest BCUT2D eigenvalue weighted by Crippen LogP contribution is 2.36. The fourth-order valence-electron chi connectivity index (χ4n) is 3.34. The van der Waals surface area contributed by atoms with Crippen LogP contribution in [0.25, 0.3) is 10.9 Å². The minimum absolute atomic E-state index is 0.871. The summed E-state index contributed by atoms with van der Waals surface area (Å²) in [5.41, 5.74) is 5.29. The van der Waals surface area contributed by atoms with E-state index in [1.54, 1.807) is 7.11 Å². The molecule has 1 aromatic heterocycles. The average molecular weight is 401 g/mol. The second kappa shape index (κ2) is 7.63. The van der Waals surface area contributed by atoms with Crippen LogP contribution in [0.4, 0.5) is 0 Å². The van der Waals surface area contributed by atoms with Crippen LogP contribution in [-0.4, -0.2) is 37.2 Å². The van der Waals surface area contributed by atoms with Gasteiger partial charge in [-0.15, -0.1) is 0 Å². The molecule has 132 valence electrons. The Bertz CT molecular complexity index is 869. The number of hydrogen-bond donors (Lipinski definition) is 0. The van der Waals surface area contributed by atoms with E-state index in [9.17, 15) is 0 Å². The molecule has 0 atom stereocenters. The Labute approximate surface area is 158 Å². The SMILES string of the molecule is COc1cc(Br)c2c(c1)c(CCN(C)C)c(C)n2Cc1ccccc1. The van der Waals surface area contributed by atoms with Gasteiger partial charge in [-0.2, -0.15) is 0 Å². The lowest BCUT2D eigenvalue weighted by atomic mass is 10.1. The third-order valence-corrected chi connectivity index (χ3v) is 5.31. The van der Waals surface area contributed by atoms with E-state index in [1.165, 1.54) is 27.7 Å². The van der Waals surface area contributed by atoms with Crippen molar-refractivity contribution in [1.29, 1.82) is 0 Å². The summed E-state index contributed by atoms with van der Waals surface area (Å²) >= 11 is 3.77. The van der Waals surface area contributed by atoms with Crippen LogP contribution in [0.5, 0.6) is 5.75 Å². The minimum Gasteiger partial charge on any atom is -0.497 e. The van der Waals surface area contributed by atoms with Gasteiger partial charge in [0.25, 0.3) is 0 Å². The first-order chi connectivity index (χ1) is 12.0. The van der Waals surface area contributed by atoms with Crippen LogP contribution < -0.4 is 4.74 Å². The van der Waals surface area contributed by atoms with E-state index in [2.05, 4.69) is 88.9 Å². The molecule has 0 bridgehead atoms. The molecule has 0 unspecified atom stereocenters. The minimum atomic E-state index is 0.871. The van der Waals surface area contributed by atoms with Crippen molar-refractivity contribution < 1.29 is 4.74 Å². The number of rotatable bonds is 6. The zero-order chi connectivity index (χ0) is 18.0. The van der Waals surface area contributed by atoms with Gasteiger partial charge in [-0.1, -0.05) is 30.3 Å². The molecular formula is C21H25BrN2O. The predicted molar refractivity (Wildman–Crippen MR) is 109 cm³/mol. The fraction of sp³-hybridized carbons (Fsp3) is 0.333. The predicted octanol–water partition coefficient (Wildman–Crippen LogP) is 4.87. The monoisotopic (exact) mass is 400 g/mol. The van der Waals surface area contributed by atoms with E-state index in [1.807, 2.05) is 0 Å². The molecule has 0 aliphatic carbocycles. The summed E-state index contributed by atoms with van der Waals surface area (Å²) < 4.78 is 9.00. The van der Waals surface area contributed by atoms with Gasteiger partial charge in [-0.05, 0) is 66.6 Å². The quantitative estimate of drug-likeness (QED) is 0.586. The Balaban J connectivity index is 2.16. The third kappa shape index (κ3) is 3.75. The smallest absolute Gasteiger partial charge is 0.120 e. The molecule has 4 heteroatoms. The van der Waals surface area contributed by atoms with Crippen molar-refractivity contribution in [1.82, 2.24) is 9.47 Å². The second-order valence-electron chi connectivity index (χ2n) is 6.69. The standard InChI is InChI=1S/C21H25BrN2O/c1-15-18(10-11-23(2)3)19-12-17(25-4)13-20(22)21(19)24(15)14-16-8-6-5-7-9-16/h5-9,12-13H,10-11,14H2,1-4H3. The molecule has 0 N–H and O–H groups in total. The van der Waals surface area contributed by atoms with Crippen LogP contribution in [0.1, 0.15) is 16.8 Å². The zero-order valence-electron chi connectivity index (χ0n) is 15.3. The first-order valence-electron chi connectivity index (χ1n) is 8.55. The number of halogens is 1. The van der Waals surface area contributed by atoms with Crippen molar-refractivity contribution in [2.75, 3.05) is 27.7 Å². The van der Waals surface area contributed by atoms with Crippen LogP contribution in [-0.2, 0) is 13.0 Å². The molecule has 0 fully saturated rings. The number of hydrogen-bond acceptors (Lipinski definition) is 2. The summed E-state index contributed by atoms with van der Waals surface area (Å²) in [6.45, 7) is 4.13. The highest BCUT2D eigenvalue weighted by molar-refractivity contribution is 9.10. The summed E-state index contributed by atoms with van der Waals surface area (Å²) in [5.74, 6) is 0.891. The molecule has 2 aromatic carbocycles. The van der Waals surface area contributed by atoms with Crippen molar-refractivity contribution in [2.45, 2.75) is 19.9 Å². The Hall–Kier alpha value is -1.78. The van der Waals surface area contributed by atoms with Crippen LogP contribution >= 0.6 is 15.9 Å². The summed E-state index contributed by atoms with van der Waals surface area (Å²) in [6.07, 6.45) is 1.02. The van der Waals surface area contributed by atoms with E-state index in [-0.39, 0.29) is 0 Å². The number of likely N-dealkylation sites (N-methyl/N-ethyl adjacent to an activating group) is 1. The van der Waals surface area contributed by atoms with Crippen LogP contribution in [0.15, 0.2) is 46.9 Å². The molecule has 25 heavy (non-hydrogen) atoms. The lowest BCUT2D eigenvalue weighted by Gasteiger charge is -2.11. The summed E-state index contributed by atoms with van der Waals surface area (Å²) in [4.78, 5) is 2.23. The van der Waals surface area contributed by atoms with E-state index in [0.29, 0.717) is 0 Å². The average Bonchev–Trinajstić information content (AvgIpc) is 2.86. The Kier molecular flexibility index (Phi) is 5.50. The fourth-order valence-corrected chi connectivity index (χ4v) is 3.99. The molecule has 0 saturated carbocycles. The van der Waals surface area contributed by atoms with Crippen molar-refractivity contribution in [3.05, 3.63) is 63.8 Å². The molecule has 0 radical (unpaired) electrons. The van der Waals surface area contributed by atoms with Crippen molar-refractivity contribution in [2.24, 2.45) is 0 Å². The molecule has 3 aromatic rings. The van der Waals surface area contributed by atoms with E-state index in [0.717, 1.165) is 29.7 Å². The molecule has 3 rings (SSSR count). The molecular weight excluding hydrogens is 376 g/mol. The van der Waals surface area contributed by atoms with Gasteiger partial charge >= 0.3 is 0 Å². The Morgan fingerprint density at radius 3 is 2.48 bits per heavy atom. The van der Waals surface area contributed by atoms with Crippen molar-refractivity contribution >= 4 is 26.8 Å². The van der Waals surface area contributed by atoms with E-state index < -0.39 is 0 Å². The maximum Gasteiger partial charge on any atom is 0.120 e. The van der Waals surface area contributed by atoms with Crippen LogP contribution in [0.3, 0.4) is 0 Å². The topological polar surface area (TPSA) is 17.4 Å². The summed E-state index contributed by atoms with van der Waals surface area (Å²) in [5, 5.41) is 1.28. The van der Waals surface area contributed by atoms with Crippen molar-refractivity contribution in [3.63, 3.8) is 0 Å². The number of nitrogens with zero attached hydrogens (tertiary/aromatic N) is 2. The molecule has 1 heterocycles. The van der Waals surface area contributed by atoms with E-state index in [4.69, 9.17) is 4.74 Å². The molecule has 3 nitrogen and oxygen atoms in total. The number of benzene rings is 2. The maximum absolute atomic E-state index is 5.50.